The first-order valence-corrected chi connectivity index (χ1v) is 31.0. The summed E-state index contributed by atoms with van der Waals surface area (Å²) in [6, 6.07) is 0. The summed E-state index contributed by atoms with van der Waals surface area (Å²) in [6.07, 6.45) is 86.4. The third-order valence-electron chi connectivity index (χ3n) is 12.9. The molecule has 0 aromatic carbocycles. The molecule has 0 saturated carbocycles. The lowest BCUT2D eigenvalue weighted by atomic mass is 10.0. The molecule has 0 aromatic rings. The Balaban J connectivity index is 4.48. The van der Waals surface area contributed by atoms with Gasteiger partial charge in [-0.1, -0.05) is 258 Å². The Hall–Kier alpha value is -4.19. The normalized spacial score (nSPS) is 12.9. The quantitative estimate of drug-likeness (QED) is 0.0261. The molecular formula is C69H114O6. The molecule has 0 aromatic heterocycles. The Kier molecular flexibility index (Phi) is 58.9. The molecule has 75 heavy (non-hydrogen) atoms. The van der Waals surface area contributed by atoms with Crippen molar-refractivity contribution in [2.45, 2.75) is 284 Å². The van der Waals surface area contributed by atoms with Crippen LogP contribution in [0.3, 0.4) is 0 Å². The molecule has 1 atom stereocenters. The summed E-state index contributed by atoms with van der Waals surface area (Å²) >= 11 is 0. The van der Waals surface area contributed by atoms with Crippen LogP contribution in [0.1, 0.15) is 278 Å². The maximum absolute atomic E-state index is 12.9. The van der Waals surface area contributed by atoms with Crippen molar-refractivity contribution in [3.63, 3.8) is 0 Å². The van der Waals surface area contributed by atoms with E-state index in [1.807, 2.05) is 6.08 Å². The summed E-state index contributed by atoms with van der Waals surface area (Å²) in [6.45, 7) is 6.42. The number of hydrogen-bond acceptors (Lipinski definition) is 6. The van der Waals surface area contributed by atoms with Crippen molar-refractivity contribution in [2.24, 2.45) is 0 Å². The number of allylic oxidation sites excluding steroid dienone is 20. The average molecular weight is 1040 g/mol. The van der Waals surface area contributed by atoms with Gasteiger partial charge in [0.2, 0.25) is 0 Å². The second kappa shape index (κ2) is 62.4. The molecule has 0 saturated heterocycles. The predicted molar refractivity (Wildman–Crippen MR) is 325 cm³/mol. The van der Waals surface area contributed by atoms with E-state index in [2.05, 4.69) is 136 Å². The SMILES string of the molecule is CC/C=C\C/C=C\C/C=C\C/C=C\C/C=C\C/C=C\CCC(=O)OC(COC(=O)CCCCCCC/C=C\C/C=C\CCCCC)COC(=O)CCCCCCCCCCCCC/C=C\C/C=C\CCCCCCC. The molecule has 6 nitrogen and oxygen atoms in total. The maximum atomic E-state index is 12.9. The fourth-order valence-electron chi connectivity index (χ4n) is 8.29. The van der Waals surface area contributed by atoms with Crippen LogP contribution in [0.2, 0.25) is 0 Å². The molecular weight excluding hydrogens is 925 g/mol. The van der Waals surface area contributed by atoms with Gasteiger partial charge in [-0.05, 0) is 122 Å². The van der Waals surface area contributed by atoms with Crippen LogP contribution in [0.5, 0.6) is 0 Å². The van der Waals surface area contributed by atoms with Crippen LogP contribution in [-0.2, 0) is 28.6 Å². The minimum Gasteiger partial charge on any atom is -0.462 e. The van der Waals surface area contributed by atoms with E-state index in [0.29, 0.717) is 19.3 Å². The number of unbranched alkanes of at least 4 members (excludes halogenated alkanes) is 24. The van der Waals surface area contributed by atoms with E-state index in [9.17, 15) is 14.4 Å². The molecule has 6 heteroatoms. The highest BCUT2D eigenvalue weighted by atomic mass is 16.6. The van der Waals surface area contributed by atoms with E-state index in [0.717, 1.165) is 109 Å². The van der Waals surface area contributed by atoms with Gasteiger partial charge in [-0.25, -0.2) is 0 Å². The largest absolute Gasteiger partial charge is 0.462 e. The van der Waals surface area contributed by atoms with Crippen LogP contribution in [0.4, 0.5) is 0 Å². The number of ether oxygens (including phenoxy) is 3. The van der Waals surface area contributed by atoms with Crippen molar-refractivity contribution in [1.82, 2.24) is 0 Å². The van der Waals surface area contributed by atoms with Gasteiger partial charge in [0, 0.05) is 19.3 Å². The van der Waals surface area contributed by atoms with E-state index in [1.54, 1.807) is 0 Å². The molecule has 0 bridgehead atoms. The molecule has 0 N–H and O–H groups in total. The third kappa shape index (κ3) is 60.6. The van der Waals surface area contributed by atoms with Crippen LogP contribution >= 0.6 is 0 Å². The van der Waals surface area contributed by atoms with Crippen LogP contribution in [0.25, 0.3) is 0 Å². The van der Waals surface area contributed by atoms with E-state index < -0.39 is 12.1 Å². The van der Waals surface area contributed by atoms with E-state index in [4.69, 9.17) is 14.2 Å². The van der Waals surface area contributed by atoms with Crippen LogP contribution in [0.15, 0.2) is 122 Å². The lowest BCUT2D eigenvalue weighted by Gasteiger charge is -2.18. The Morgan fingerprint density at radius 3 is 0.893 bits per heavy atom. The number of rotatable bonds is 55. The monoisotopic (exact) mass is 1040 g/mol. The van der Waals surface area contributed by atoms with Crippen LogP contribution in [0, 0.1) is 0 Å². The highest BCUT2D eigenvalue weighted by Crippen LogP contribution is 2.15. The Bertz CT molecular complexity index is 1570. The molecule has 0 aliphatic heterocycles. The zero-order valence-corrected chi connectivity index (χ0v) is 48.8. The number of carbonyl (C=O) groups excluding carboxylic acids is 3. The first-order chi connectivity index (χ1) is 37.0. The minimum absolute atomic E-state index is 0.116. The van der Waals surface area contributed by atoms with Crippen molar-refractivity contribution in [1.29, 1.82) is 0 Å². The van der Waals surface area contributed by atoms with E-state index >= 15 is 0 Å². The van der Waals surface area contributed by atoms with Crippen LogP contribution < -0.4 is 0 Å². The lowest BCUT2D eigenvalue weighted by molar-refractivity contribution is -0.166. The van der Waals surface area contributed by atoms with Gasteiger partial charge in [-0.2, -0.15) is 0 Å². The number of esters is 3. The minimum atomic E-state index is -0.829. The van der Waals surface area contributed by atoms with Crippen molar-refractivity contribution in [3.8, 4) is 0 Å². The molecule has 0 amide bonds. The van der Waals surface area contributed by atoms with Gasteiger partial charge in [-0.3, -0.25) is 14.4 Å². The predicted octanol–water partition coefficient (Wildman–Crippen LogP) is 21.2. The van der Waals surface area contributed by atoms with Crippen molar-refractivity contribution >= 4 is 17.9 Å². The second-order valence-corrected chi connectivity index (χ2v) is 20.2. The average Bonchev–Trinajstić information content (AvgIpc) is 3.41. The Morgan fingerprint density at radius 1 is 0.280 bits per heavy atom. The highest BCUT2D eigenvalue weighted by Gasteiger charge is 2.19. The fraction of sp³-hybridized carbons (Fsp3) is 0.667. The zero-order chi connectivity index (χ0) is 54.3. The molecule has 1 unspecified atom stereocenters. The topological polar surface area (TPSA) is 78.9 Å². The summed E-state index contributed by atoms with van der Waals surface area (Å²) in [5.41, 5.74) is 0. The highest BCUT2D eigenvalue weighted by molar-refractivity contribution is 5.71. The first-order valence-electron chi connectivity index (χ1n) is 31.0. The zero-order valence-electron chi connectivity index (χ0n) is 48.8. The summed E-state index contributed by atoms with van der Waals surface area (Å²) in [5, 5.41) is 0. The molecule has 0 radical (unpaired) electrons. The third-order valence-corrected chi connectivity index (χ3v) is 12.9. The van der Waals surface area contributed by atoms with Gasteiger partial charge in [0.1, 0.15) is 13.2 Å². The molecule has 0 rings (SSSR count). The smallest absolute Gasteiger partial charge is 0.306 e. The van der Waals surface area contributed by atoms with Gasteiger partial charge in [0.05, 0.1) is 0 Å². The molecule has 0 heterocycles. The van der Waals surface area contributed by atoms with Gasteiger partial charge in [0.15, 0.2) is 6.10 Å². The second-order valence-electron chi connectivity index (χ2n) is 20.2. The van der Waals surface area contributed by atoms with Gasteiger partial charge < -0.3 is 14.2 Å². The summed E-state index contributed by atoms with van der Waals surface area (Å²) in [7, 11) is 0. The van der Waals surface area contributed by atoms with Gasteiger partial charge in [-0.15, -0.1) is 0 Å². The summed E-state index contributed by atoms with van der Waals surface area (Å²) < 4.78 is 16.8. The summed E-state index contributed by atoms with van der Waals surface area (Å²) in [5.74, 6) is -1.01. The number of carbonyl (C=O) groups is 3. The first kappa shape index (κ1) is 70.8. The van der Waals surface area contributed by atoms with Gasteiger partial charge in [0.25, 0.3) is 0 Å². The van der Waals surface area contributed by atoms with Crippen LogP contribution in [-0.4, -0.2) is 37.2 Å². The van der Waals surface area contributed by atoms with E-state index in [1.165, 1.54) is 122 Å². The molecule has 0 spiro atoms. The fourth-order valence-corrected chi connectivity index (χ4v) is 8.29. The number of hydrogen-bond donors (Lipinski definition) is 0. The van der Waals surface area contributed by atoms with Crippen molar-refractivity contribution in [3.05, 3.63) is 122 Å². The van der Waals surface area contributed by atoms with E-state index in [-0.39, 0.29) is 31.6 Å². The van der Waals surface area contributed by atoms with Crippen molar-refractivity contribution < 1.29 is 28.6 Å². The van der Waals surface area contributed by atoms with Gasteiger partial charge >= 0.3 is 17.9 Å². The maximum Gasteiger partial charge on any atom is 0.306 e. The molecule has 0 aliphatic carbocycles. The standard InChI is InChI=1S/C69H114O6/c1-4-7-10-13-16-19-22-25-28-30-32-33-34-35-37-38-41-44-47-50-53-56-59-62-68(71)74-65-66(64-73-67(70)61-58-55-52-49-46-43-40-27-24-21-18-15-12-9-6-3)75-69(72)63-60-57-54-51-48-45-42-39-36-31-29-26-23-20-17-14-11-8-5-2/h8,11,17-18,20-22,25-27,29-30,32,36,39-40,45,48,54,57,66H,4-7,9-10,12-16,19,23-24,28,31,33-35,37-38,41-44,46-47,49-53,55-56,58-65H2,1-3H3/b11-8-,20-17-,21-18-,25-22-,29-26-,32-30-,39-36-,40-27-,48-45-,57-54-. The summed E-state index contributed by atoms with van der Waals surface area (Å²) in [4.78, 5) is 38.2. The lowest BCUT2D eigenvalue weighted by Crippen LogP contribution is -2.30. The Morgan fingerprint density at radius 2 is 0.547 bits per heavy atom. The Labute approximate surface area is 462 Å². The molecule has 426 valence electrons. The van der Waals surface area contributed by atoms with Crippen molar-refractivity contribution in [2.75, 3.05) is 13.2 Å². The molecule has 0 aliphatic rings. The molecule has 0 fully saturated rings.